The van der Waals surface area contributed by atoms with Crippen LogP contribution in [0.5, 0.6) is 0 Å². The summed E-state index contributed by atoms with van der Waals surface area (Å²) in [6, 6.07) is 13.8. The summed E-state index contributed by atoms with van der Waals surface area (Å²) in [6.45, 7) is 1.66. The average molecular weight is 348 g/mol. The SMILES string of the molecule is CNC(=O)c1ccc(N2CCc3[nH]nc(-c4ccccc4)c3CC2)nn1. The molecule has 0 saturated heterocycles. The summed E-state index contributed by atoms with van der Waals surface area (Å²) in [5.74, 6) is 0.561. The van der Waals surface area contributed by atoms with Crippen LogP contribution in [0, 0.1) is 0 Å². The molecule has 7 nitrogen and oxygen atoms in total. The predicted octanol–water partition coefficient (Wildman–Crippen LogP) is 1.83. The minimum atomic E-state index is -0.228. The summed E-state index contributed by atoms with van der Waals surface area (Å²) >= 11 is 0. The normalized spacial score (nSPS) is 13.8. The lowest BCUT2D eigenvalue weighted by molar-refractivity contribution is 0.0957. The fourth-order valence-corrected chi connectivity index (χ4v) is 3.29. The van der Waals surface area contributed by atoms with E-state index in [1.165, 1.54) is 11.3 Å². The van der Waals surface area contributed by atoms with Crippen molar-refractivity contribution in [3.05, 3.63) is 59.4 Å². The van der Waals surface area contributed by atoms with Crippen LogP contribution in [-0.2, 0) is 12.8 Å². The fourth-order valence-electron chi connectivity index (χ4n) is 3.29. The maximum atomic E-state index is 11.6. The Morgan fingerprint density at radius 2 is 1.88 bits per heavy atom. The standard InChI is InChI=1S/C19H20N6O/c1-20-19(26)16-7-8-17(23-22-16)25-11-9-14-15(10-12-25)21-24-18(14)13-5-3-2-4-6-13/h2-8H,9-12H2,1H3,(H,20,26)(H,21,24). The Bertz CT molecular complexity index is 904. The average Bonchev–Trinajstić information content (AvgIpc) is 2.99. The van der Waals surface area contributed by atoms with Gasteiger partial charge in [-0.15, -0.1) is 10.2 Å². The molecule has 1 aliphatic heterocycles. The molecule has 1 aromatic carbocycles. The highest BCUT2D eigenvalue weighted by Gasteiger charge is 2.21. The number of hydrogen-bond donors (Lipinski definition) is 2. The molecule has 0 fully saturated rings. The number of benzene rings is 1. The summed E-state index contributed by atoms with van der Waals surface area (Å²) in [6.07, 6.45) is 1.75. The molecule has 2 N–H and O–H groups in total. The third kappa shape index (κ3) is 3.03. The first kappa shape index (κ1) is 16.3. The maximum Gasteiger partial charge on any atom is 0.271 e. The second kappa shape index (κ2) is 6.95. The Labute approximate surface area is 151 Å². The molecule has 3 heterocycles. The van der Waals surface area contributed by atoms with Crippen LogP contribution in [0.1, 0.15) is 21.7 Å². The molecule has 0 spiro atoms. The molecule has 0 saturated carbocycles. The van der Waals surface area contributed by atoms with Gasteiger partial charge in [0, 0.05) is 43.4 Å². The monoisotopic (exact) mass is 348 g/mol. The van der Waals surface area contributed by atoms with Crippen LogP contribution in [0.25, 0.3) is 11.3 Å². The first-order chi connectivity index (χ1) is 12.8. The van der Waals surface area contributed by atoms with Crippen LogP contribution in [0.15, 0.2) is 42.5 Å². The Morgan fingerprint density at radius 1 is 1.08 bits per heavy atom. The number of aromatic nitrogens is 4. The molecule has 0 atom stereocenters. The second-order valence-corrected chi connectivity index (χ2v) is 6.24. The highest BCUT2D eigenvalue weighted by molar-refractivity contribution is 5.91. The fraction of sp³-hybridized carbons (Fsp3) is 0.263. The first-order valence-corrected chi connectivity index (χ1v) is 8.68. The Morgan fingerprint density at radius 3 is 2.62 bits per heavy atom. The molecule has 0 aliphatic carbocycles. The van der Waals surface area contributed by atoms with Crippen molar-refractivity contribution < 1.29 is 4.79 Å². The number of rotatable bonds is 3. The molecule has 26 heavy (non-hydrogen) atoms. The second-order valence-electron chi connectivity index (χ2n) is 6.24. The van der Waals surface area contributed by atoms with E-state index < -0.39 is 0 Å². The van der Waals surface area contributed by atoms with Gasteiger partial charge in [0.05, 0.1) is 5.69 Å². The summed E-state index contributed by atoms with van der Waals surface area (Å²) in [4.78, 5) is 13.8. The highest BCUT2D eigenvalue weighted by atomic mass is 16.1. The summed E-state index contributed by atoms with van der Waals surface area (Å²) < 4.78 is 0. The zero-order valence-electron chi connectivity index (χ0n) is 14.6. The van der Waals surface area contributed by atoms with E-state index in [0.29, 0.717) is 5.69 Å². The van der Waals surface area contributed by atoms with Crippen molar-refractivity contribution in [2.45, 2.75) is 12.8 Å². The summed E-state index contributed by atoms with van der Waals surface area (Å²) in [5, 5.41) is 18.6. The Kier molecular flexibility index (Phi) is 4.35. The number of nitrogens with one attached hydrogen (secondary N) is 2. The van der Waals surface area contributed by atoms with Crippen molar-refractivity contribution in [1.82, 2.24) is 25.7 Å². The molecule has 0 radical (unpaired) electrons. The van der Waals surface area contributed by atoms with Gasteiger partial charge in [0.25, 0.3) is 5.91 Å². The third-order valence-corrected chi connectivity index (χ3v) is 4.70. The van der Waals surface area contributed by atoms with Crippen molar-refractivity contribution in [3.8, 4) is 11.3 Å². The van der Waals surface area contributed by atoms with Gasteiger partial charge in [0.2, 0.25) is 0 Å². The predicted molar refractivity (Wildman–Crippen MR) is 99.1 cm³/mol. The Hall–Kier alpha value is -3.22. The first-order valence-electron chi connectivity index (χ1n) is 8.68. The number of hydrogen-bond acceptors (Lipinski definition) is 5. The van der Waals surface area contributed by atoms with Gasteiger partial charge in [-0.3, -0.25) is 9.89 Å². The van der Waals surface area contributed by atoms with Crippen LogP contribution in [-0.4, -0.2) is 46.4 Å². The van der Waals surface area contributed by atoms with Crippen LogP contribution >= 0.6 is 0 Å². The van der Waals surface area contributed by atoms with Crippen LogP contribution < -0.4 is 10.2 Å². The van der Waals surface area contributed by atoms with Crippen molar-refractivity contribution >= 4 is 11.7 Å². The minimum Gasteiger partial charge on any atom is -0.354 e. The van der Waals surface area contributed by atoms with E-state index in [-0.39, 0.29) is 5.91 Å². The van der Waals surface area contributed by atoms with Crippen molar-refractivity contribution in [2.24, 2.45) is 0 Å². The highest BCUT2D eigenvalue weighted by Crippen LogP contribution is 2.27. The molecule has 132 valence electrons. The van der Waals surface area contributed by atoms with Crippen LogP contribution in [0.2, 0.25) is 0 Å². The molecular weight excluding hydrogens is 328 g/mol. The quantitative estimate of drug-likeness (QED) is 0.754. The number of carbonyl (C=O) groups is 1. The van der Waals surface area contributed by atoms with Crippen molar-refractivity contribution in [2.75, 3.05) is 25.0 Å². The molecule has 7 heteroatoms. The summed E-state index contributed by atoms with van der Waals surface area (Å²) in [5.41, 5.74) is 4.94. The number of H-pyrrole nitrogens is 1. The van der Waals surface area contributed by atoms with E-state index in [1.54, 1.807) is 13.1 Å². The molecular formula is C19H20N6O. The van der Waals surface area contributed by atoms with Gasteiger partial charge >= 0.3 is 0 Å². The number of aromatic amines is 1. The number of anilines is 1. The molecule has 2 aromatic heterocycles. The Balaban J connectivity index is 1.54. The molecule has 3 aromatic rings. The van der Waals surface area contributed by atoms with E-state index in [1.807, 2.05) is 24.3 Å². The van der Waals surface area contributed by atoms with E-state index in [2.05, 4.69) is 42.7 Å². The number of carbonyl (C=O) groups excluding carboxylic acids is 1. The van der Waals surface area contributed by atoms with Gasteiger partial charge in [-0.25, -0.2) is 0 Å². The smallest absolute Gasteiger partial charge is 0.271 e. The van der Waals surface area contributed by atoms with Gasteiger partial charge < -0.3 is 10.2 Å². The molecule has 1 amide bonds. The topological polar surface area (TPSA) is 86.8 Å². The molecule has 0 unspecified atom stereocenters. The maximum absolute atomic E-state index is 11.6. The lowest BCUT2D eigenvalue weighted by Gasteiger charge is -2.20. The van der Waals surface area contributed by atoms with Gasteiger partial charge in [-0.1, -0.05) is 30.3 Å². The zero-order chi connectivity index (χ0) is 17.9. The van der Waals surface area contributed by atoms with E-state index >= 15 is 0 Å². The van der Waals surface area contributed by atoms with E-state index in [9.17, 15) is 4.79 Å². The molecule has 1 aliphatic rings. The zero-order valence-corrected chi connectivity index (χ0v) is 14.6. The third-order valence-electron chi connectivity index (χ3n) is 4.70. The van der Waals surface area contributed by atoms with Crippen molar-refractivity contribution in [1.29, 1.82) is 0 Å². The number of fused-ring (bicyclic) bond motifs is 1. The molecule has 4 rings (SSSR count). The summed E-state index contributed by atoms with van der Waals surface area (Å²) in [7, 11) is 1.58. The van der Waals surface area contributed by atoms with E-state index in [4.69, 9.17) is 0 Å². The molecule has 0 bridgehead atoms. The van der Waals surface area contributed by atoms with Gasteiger partial charge in [0.15, 0.2) is 11.5 Å². The van der Waals surface area contributed by atoms with Crippen LogP contribution in [0.4, 0.5) is 5.82 Å². The van der Waals surface area contributed by atoms with E-state index in [0.717, 1.165) is 43.0 Å². The largest absolute Gasteiger partial charge is 0.354 e. The lowest BCUT2D eigenvalue weighted by Crippen LogP contribution is -2.28. The minimum absolute atomic E-state index is 0.228. The van der Waals surface area contributed by atoms with Crippen molar-refractivity contribution in [3.63, 3.8) is 0 Å². The van der Waals surface area contributed by atoms with Gasteiger partial charge in [0.1, 0.15) is 0 Å². The van der Waals surface area contributed by atoms with Gasteiger partial charge in [-0.05, 0) is 18.6 Å². The lowest BCUT2D eigenvalue weighted by atomic mass is 10.0. The number of amides is 1. The number of nitrogens with zero attached hydrogens (tertiary/aromatic N) is 4. The van der Waals surface area contributed by atoms with Gasteiger partial charge in [-0.2, -0.15) is 5.10 Å². The van der Waals surface area contributed by atoms with Crippen LogP contribution in [0.3, 0.4) is 0 Å².